The number of rotatable bonds is 8. The number of carbonyl (C=O) groups is 2. The van der Waals surface area contributed by atoms with Gasteiger partial charge in [-0.25, -0.2) is 4.79 Å². The molecule has 116 valence electrons. The van der Waals surface area contributed by atoms with E-state index in [2.05, 4.69) is 10.6 Å². The zero-order chi connectivity index (χ0) is 15.0. The van der Waals surface area contributed by atoms with Crippen LogP contribution in [0.15, 0.2) is 0 Å². The number of carboxylic acid groups (broad SMARTS) is 1. The second kappa shape index (κ2) is 8.79. The minimum absolute atomic E-state index is 0.158. The largest absolute Gasteiger partial charge is 0.481 e. The molecule has 1 aliphatic heterocycles. The maximum atomic E-state index is 11.6. The Morgan fingerprint density at radius 3 is 2.70 bits per heavy atom. The van der Waals surface area contributed by atoms with Crippen LogP contribution in [-0.4, -0.2) is 42.9 Å². The van der Waals surface area contributed by atoms with Crippen molar-refractivity contribution >= 4 is 12.0 Å². The van der Waals surface area contributed by atoms with Crippen LogP contribution in [0.4, 0.5) is 4.79 Å². The minimum Gasteiger partial charge on any atom is -0.481 e. The molecule has 0 bridgehead atoms. The number of nitrogens with one attached hydrogen (secondary N) is 2. The quantitative estimate of drug-likeness (QED) is 0.632. The minimum atomic E-state index is -0.768. The van der Waals surface area contributed by atoms with E-state index in [9.17, 15) is 9.59 Å². The average Bonchev–Trinajstić information content (AvgIpc) is 2.79. The first-order valence-electron chi connectivity index (χ1n) is 7.34. The molecule has 2 amide bonds. The van der Waals surface area contributed by atoms with Crippen LogP contribution < -0.4 is 10.6 Å². The van der Waals surface area contributed by atoms with E-state index >= 15 is 0 Å². The lowest BCUT2D eigenvalue weighted by Gasteiger charge is -2.15. The number of hydrogen-bond acceptors (Lipinski definition) is 3. The van der Waals surface area contributed by atoms with Gasteiger partial charge in [-0.2, -0.15) is 0 Å². The molecule has 0 aliphatic carbocycles. The lowest BCUT2D eigenvalue weighted by Crippen LogP contribution is -2.40. The summed E-state index contributed by atoms with van der Waals surface area (Å²) in [5.41, 5.74) is 0. The van der Waals surface area contributed by atoms with Gasteiger partial charge < -0.3 is 20.5 Å². The summed E-state index contributed by atoms with van der Waals surface area (Å²) in [4.78, 5) is 22.0. The van der Waals surface area contributed by atoms with Crippen LogP contribution in [0.25, 0.3) is 0 Å². The number of aliphatic carboxylic acids is 1. The van der Waals surface area contributed by atoms with Crippen molar-refractivity contribution < 1.29 is 19.4 Å². The van der Waals surface area contributed by atoms with Gasteiger partial charge in [0.2, 0.25) is 0 Å². The van der Waals surface area contributed by atoms with E-state index in [1.165, 1.54) is 0 Å². The van der Waals surface area contributed by atoms with Crippen LogP contribution in [0.2, 0.25) is 0 Å². The Morgan fingerprint density at radius 2 is 2.10 bits per heavy atom. The van der Waals surface area contributed by atoms with E-state index in [4.69, 9.17) is 9.84 Å². The molecule has 6 heteroatoms. The molecular formula is C14H26N2O4. The Morgan fingerprint density at radius 1 is 1.35 bits per heavy atom. The van der Waals surface area contributed by atoms with Crippen molar-refractivity contribution in [3.05, 3.63) is 0 Å². The van der Waals surface area contributed by atoms with Crippen molar-refractivity contribution in [3.63, 3.8) is 0 Å². The molecule has 3 atom stereocenters. The summed E-state index contributed by atoms with van der Waals surface area (Å²) in [6, 6.07) is -0.158. The molecule has 1 aliphatic rings. The third kappa shape index (κ3) is 6.75. The monoisotopic (exact) mass is 286 g/mol. The third-order valence-corrected chi connectivity index (χ3v) is 3.83. The molecule has 0 aromatic rings. The van der Waals surface area contributed by atoms with Gasteiger partial charge >= 0.3 is 12.0 Å². The highest BCUT2D eigenvalue weighted by molar-refractivity contribution is 5.73. The standard InChI is InChI=1S/C14H26N2O4/c1-10(3-4-13(17)18)5-7-15-14(19)16-9-12-6-8-20-11(12)2/h10-12H,3-9H2,1-2H3,(H,17,18)(H2,15,16,19). The number of carbonyl (C=O) groups excluding carboxylic acids is 1. The van der Waals surface area contributed by atoms with Gasteiger partial charge in [-0.3, -0.25) is 4.79 Å². The van der Waals surface area contributed by atoms with Crippen LogP contribution in [0.3, 0.4) is 0 Å². The fraction of sp³-hybridized carbons (Fsp3) is 0.857. The molecule has 0 aromatic heterocycles. The van der Waals surface area contributed by atoms with Crippen LogP contribution in [-0.2, 0) is 9.53 Å². The molecule has 3 unspecified atom stereocenters. The number of amides is 2. The maximum Gasteiger partial charge on any atom is 0.314 e. The van der Waals surface area contributed by atoms with Gasteiger partial charge in [0, 0.05) is 32.0 Å². The fourth-order valence-corrected chi connectivity index (χ4v) is 2.28. The highest BCUT2D eigenvalue weighted by Gasteiger charge is 2.24. The van der Waals surface area contributed by atoms with E-state index in [-0.39, 0.29) is 18.6 Å². The first-order valence-corrected chi connectivity index (χ1v) is 7.34. The van der Waals surface area contributed by atoms with E-state index in [1.807, 2.05) is 13.8 Å². The van der Waals surface area contributed by atoms with E-state index in [0.29, 0.717) is 31.3 Å². The molecule has 1 fully saturated rings. The number of carboxylic acids is 1. The summed E-state index contributed by atoms with van der Waals surface area (Å²) in [5, 5.41) is 14.2. The Balaban J connectivity index is 2.03. The molecule has 20 heavy (non-hydrogen) atoms. The number of hydrogen-bond donors (Lipinski definition) is 3. The maximum absolute atomic E-state index is 11.6. The van der Waals surface area contributed by atoms with Crippen LogP contribution in [0, 0.1) is 11.8 Å². The van der Waals surface area contributed by atoms with E-state index < -0.39 is 5.97 Å². The van der Waals surface area contributed by atoms with Crippen molar-refractivity contribution in [2.24, 2.45) is 11.8 Å². The van der Waals surface area contributed by atoms with Gasteiger partial charge in [-0.05, 0) is 32.1 Å². The lowest BCUT2D eigenvalue weighted by molar-refractivity contribution is -0.137. The highest BCUT2D eigenvalue weighted by atomic mass is 16.5. The zero-order valence-corrected chi connectivity index (χ0v) is 12.4. The van der Waals surface area contributed by atoms with E-state index in [1.54, 1.807) is 0 Å². The smallest absolute Gasteiger partial charge is 0.314 e. The third-order valence-electron chi connectivity index (χ3n) is 3.83. The second-order valence-electron chi connectivity index (χ2n) is 5.59. The van der Waals surface area contributed by atoms with Crippen molar-refractivity contribution in [1.29, 1.82) is 0 Å². The number of ether oxygens (including phenoxy) is 1. The van der Waals surface area contributed by atoms with Gasteiger partial charge in [0.25, 0.3) is 0 Å². The predicted molar refractivity (Wildman–Crippen MR) is 75.6 cm³/mol. The van der Waals surface area contributed by atoms with Crippen molar-refractivity contribution in [2.45, 2.75) is 45.6 Å². The first-order chi connectivity index (χ1) is 9.49. The van der Waals surface area contributed by atoms with Crippen LogP contribution in [0.1, 0.15) is 39.5 Å². The fourth-order valence-electron chi connectivity index (χ4n) is 2.28. The van der Waals surface area contributed by atoms with E-state index in [0.717, 1.165) is 19.4 Å². The average molecular weight is 286 g/mol. The van der Waals surface area contributed by atoms with Gasteiger partial charge in [-0.15, -0.1) is 0 Å². The second-order valence-corrected chi connectivity index (χ2v) is 5.59. The Bertz CT molecular complexity index is 322. The molecule has 1 saturated heterocycles. The molecule has 0 saturated carbocycles. The summed E-state index contributed by atoms with van der Waals surface area (Å²) < 4.78 is 5.44. The summed E-state index contributed by atoms with van der Waals surface area (Å²) in [6.07, 6.45) is 2.84. The highest BCUT2D eigenvalue weighted by Crippen LogP contribution is 2.19. The molecule has 0 radical (unpaired) electrons. The molecule has 1 rings (SSSR count). The molecule has 6 nitrogen and oxygen atoms in total. The van der Waals surface area contributed by atoms with Gasteiger partial charge in [0.1, 0.15) is 0 Å². The Hall–Kier alpha value is -1.30. The number of urea groups is 1. The molecule has 1 heterocycles. The molecular weight excluding hydrogens is 260 g/mol. The SMILES string of the molecule is CC(CCNC(=O)NCC1CCOC1C)CCC(=O)O. The van der Waals surface area contributed by atoms with Gasteiger partial charge in [0.15, 0.2) is 0 Å². The summed E-state index contributed by atoms with van der Waals surface area (Å²) in [6.45, 7) is 6.02. The zero-order valence-electron chi connectivity index (χ0n) is 12.4. The summed E-state index contributed by atoms with van der Waals surface area (Å²) in [5.74, 6) is -0.0691. The van der Waals surface area contributed by atoms with Crippen LogP contribution >= 0.6 is 0 Å². The summed E-state index contributed by atoms with van der Waals surface area (Å²) in [7, 11) is 0. The Kier molecular flexibility index (Phi) is 7.36. The molecule has 0 aromatic carbocycles. The predicted octanol–water partition coefficient (Wildman–Crippen LogP) is 1.60. The van der Waals surface area contributed by atoms with Crippen molar-refractivity contribution in [2.75, 3.05) is 19.7 Å². The first kappa shape index (κ1) is 16.8. The van der Waals surface area contributed by atoms with Gasteiger partial charge in [-0.1, -0.05) is 6.92 Å². The Labute approximate surface area is 120 Å². The van der Waals surface area contributed by atoms with Gasteiger partial charge in [0.05, 0.1) is 6.10 Å². The van der Waals surface area contributed by atoms with Crippen molar-refractivity contribution in [1.82, 2.24) is 10.6 Å². The normalized spacial score (nSPS) is 23.3. The lowest BCUT2D eigenvalue weighted by atomic mass is 10.0. The summed E-state index contributed by atoms with van der Waals surface area (Å²) >= 11 is 0. The molecule has 3 N–H and O–H groups in total. The molecule has 0 spiro atoms. The van der Waals surface area contributed by atoms with Crippen molar-refractivity contribution in [3.8, 4) is 0 Å². The van der Waals surface area contributed by atoms with Crippen LogP contribution in [0.5, 0.6) is 0 Å². The topological polar surface area (TPSA) is 87.7 Å².